The summed E-state index contributed by atoms with van der Waals surface area (Å²) in [5.74, 6) is 0.909. The predicted octanol–water partition coefficient (Wildman–Crippen LogP) is 9.84. The molecular formula is C35H38. The molecule has 0 radical (unpaired) electrons. The molecule has 0 saturated heterocycles. The van der Waals surface area contributed by atoms with E-state index in [4.69, 9.17) is 0 Å². The van der Waals surface area contributed by atoms with Crippen molar-refractivity contribution >= 4 is 12.2 Å². The third-order valence-electron chi connectivity index (χ3n) is 9.42. The van der Waals surface area contributed by atoms with Gasteiger partial charge in [0.05, 0.1) is 0 Å². The van der Waals surface area contributed by atoms with E-state index in [1.54, 1.807) is 22.3 Å². The van der Waals surface area contributed by atoms with Gasteiger partial charge in [-0.05, 0) is 107 Å². The number of benzene rings is 2. The van der Waals surface area contributed by atoms with Crippen LogP contribution in [0.1, 0.15) is 98.6 Å². The topological polar surface area (TPSA) is 0 Å². The number of hydrogen-bond acceptors (Lipinski definition) is 0. The van der Waals surface area contributed by atoms with Gasteiger partial charge < -0.3 is 0 Å². The van der Waals surface area contributed by atoms with Crippen LogP contribution in [0.15, 0.2) is 71.9 Å². The van der Waals surface area contributed by atoms with Gasteiger partial charge in [0.25, 0.3) is 0 Å². The third kappa shape index (κ3) is 3.11. The highest BCUT2D eigenvalue weighted by atomic mass is 14.4. The van der Waals surface area contributed by atoms with E-state index in [2.05, 4.69) is 89.4 Å². The number of allylic oxidation sites excluding steroid dienone is 6. The number of rotatable bonds is 4. The Morgan fingerprint density at radius 3 is 2.49 bits per heavy atom. The van der Waals surface area contributed by atoms with Crippen LogP contribution in [-0.4, -0.2) is 0 Å². The summed E-state index contributed by atoms with van der Waals surface area (Å²) in [6, 6.07) is 9.51. The van der Waals surface area contributed by atoms with Crippen molar-refractivity contribution in [3.05, 3.63) is 105 Å². The first-order chi connectivity index (χ1) is 16.9. The minimum absolute atomic E-state index is 0.0251. The predicted molar refractivity (Wildman–Crippen MR) is 152 cm³/mol. The van der Waals surface area contributed by atoms with Gasteiger partial charge in [-0.25, -0.2) is 0 Å². The quantitative estimate of drug-likeness (QED) is 0.427. The van der Waals surface area contributed by atoms with E-state index in [9.17, 15) is 0 Å². The standard InChI is InChI=1S/C35H38/c1-7-23-24(8-2)34-29-18-17-21(3)19-31(29)35(5,6)32(34)20-30(23)22(4)33-27-15-11-9-13-25(27)26-14-10-12-16-28(26)33/h7-8,11,15,17-20,22,33H,1-2,9-10,12-14,16H2,3-6H3. The molecule has 178 valence electrons. The molecule has 0 N–H and O–H groups in total. The van der Waals surface area contributed by atoms with E-state index in [1.807, 2.05) is 0 Å². The molecule has 0 heteroatoms. The summed E-state index contributed by atoms with van der Waals surface area (Å²) in [4.78, 5) is 0. The molecule has 0 aliphatic heterocycles. The summed E-state index contributed by atoms with van der Waals surface area (Å²) in [6.45, 7) is 18.1. The Balaban J connectivity index is 1.57. The van der Waals surface area contributed by atoms with Crippen LogP contribution in [0.25, 0.3) is 23.3 Å². The monoisotopic (exact) mass is 458 g/mol. The molecule has 6 rings (SSSR count). The van der Waals surface area contributed by atoms with Crippen molar-refractivity contribution < 1.29 is 0 Å². The van der Waals surface area contributed by atoms with Gasteiger partial charge in [-0.15, -0.1) is 0 Å². The normalized spacial score (nSPS) is 22.5. The van der Waals surface area contributed by atoms with Crippen molar-refractivity contribution in [2.75, 3.05) is 0 Å². The van der Waals surface area contributed by atoms with Crippen molar-refractivity contribution in [2.24, 2.45) is 5.92 Å². The molecule has 4 aliphatic rings. The van der Waals surface area contributed by atoms with Crippen molar-refractivity contribution in [1.82, 2.24) is 0 Å². The molecule has 35 heavy (non-hydrogen) atoms. The Kier molecular flexibility index (Phi) is 5.22. The molecule has 0 fully saturated rings. The second-order valence-electron chi connectivity index (χ2n) is 11.7. The molecule has 0 heterocycles. The Hall–Kier alpha value is -2.86. The van der Waals surface area contributed by atoms with Gasteiger partial charge in [0.15, 0.2) is 0 Å². The Morgan fingerprint density at radius 1 is 0.943 bits per heavy atom. The highest BCUT2D eigenvalue weighted by Gasteiger charge is 2.41. The Morgan fingerprint density at radius 2 is 1.71 bits per heavy atom. The first kappa shape index (κ1) is 22.6. The molecule has 4 aliphatic carbocycles. The highest BCUT2D eigenvalue weighted by Crippen LogP contribution is 2.56. The summed E-state index contributed by atoms with van der Waals surface area (Å²) >= 11 is 0. The summed E-state index contributed by atoms with van der Waals surface area (Å²) in [7, 11) is 0. The molecule has 0 saturated carbocycles. The molecule has 0 spiro atoms. The molecule has 0 bridgehead atoms. The van der Waals surface area contributed by atoms with E-state index in [-0.39, 0.29) is 5.41 Å². The van der Waals surface area contributed by atoms with Crippen LogP contribution in [0.5, 0.6) is 0 Å². The number of hydrogen-bond donors (Lipinski definition) is 0. The fraction of sp³-hybridized carbons (Fsp3) is 0.371. The van der Waals surface area contributed by atoms with Gasteiger partial charge in [-0.2, -0.15) is 0 Å². The smallest absolute Gasteiger partial charge is 0.0159 e. The molecule has 2 aromatic carbocycles. The maximum atomic E-state index is 4.32. The van der Waals surface area contributed by atoms with Crippen LogP contribution >= 0.6 is 0 Å². The van der Waals surface area contributed by atoms with Gasteiger partial charge in [0.1, 0.15) is 0 Å². The first-order valence-corrected chi connectivity index (χ1v) is 13.6. The van der Waals surface area contributed by atoms with Crippen LogP contribution in [0.2, 0.25) is 0 Å². The molecule has 0 amide bonds. The van der Waals surface area contributed by atoms with E-state index in [0.717, 1.165) is 0 Å². The number of aryl methyl sites for hydroxylation is 1. The van der Waals surface area contributed by atoms with E-state index in [0.29, 0.717) is 11.8 Å². The van der Waals surface area contributed by atoms with Crippen LogP contribution in [-0.2, 0) is 5.41 Å². The van der Waals surface area contributed by atoms with Gasteiger partial charge in [0, 0.05) is 11.3 Å². The maximum absolute atomic E-state index is 4.32. The fourth-order valence-corrected chi connectivity index (χ4v) is 7.73. The van der Waals surface area contributed by atoms with Crippen molar-refractivity contribution in [1.29, 1.82) is 0 Å². The molecule has 0 nitrogen and oxygen atoms in total. The lowest BCUT2D eigenvalue weighted by Crippen LogP contribution is -2.19. The zero-order chi connectivity index (χ0) is 24.5. The summed E-state index contributed by atoms with van der Waals surface area (Å²) < 4.78 is 0. The van der Waals surface area contributed by atoms with Crippen molar-refractivity contribution in [3.63, 3.8) is 0 Å². The van der Waals surface area contributed by atoms with E-state index < -0.39 is 0 Å². The van der Waals surface area contributed by atoms with Crippen molar-refractivity contribution in [3.8, 4) is 11.1 Å². The van der Waals surface area contributed by atoms with E-state index in [1.165, 1.54) is 83.0 Å². The molecular weight excluding hydrogens is 420 g/mol. The Bertz CT molecular complexity index is 1370. The van der Waals surface area contributed by atoms with Gasteiger partial charge in [-0.3, -0.25) is 0 Å². The van der Waals surface area contributed by atoms with Gasteiger partial charge in [0.2, 0.25) is 0 Å². The van der Waals surface area contributed by atoms with Crippen LogP contribution in [0.3, 0.4) is 0 Å². The van der Waals surface area contributed by atoms with Gasteiger partial charge >= 0.3 is 0 Å². The third-order valence-corrected chi connectivity index (χ3v) is 9.42. The summed E-state index contributed by atoms with van der Waals surface area (Å²) in [5.41, 5.74) is 17.7. The minimum atomic E-state index is -0.0251. The zero-order valence-corrected chi connectivity index (χ0v) is 21.9. The van der Waals surface area contributed by atoms with Crippen LogP contribution in [0, 0.1) is 12.8 Å². The lowest BCUT2D eigenvalue weighted by atomic mass is 9.72. The van der Waals surface area contributed by atoms with E-state index >= 15 is 0 Å². The molecule has 2 atom stereocenters. The second kappa shape index (κ2) is 8.09. The minimum Gasteiger partial charge on any atom is -0.0984 e. The highest BCUT2D eigenvalue weighted by molar-refractivity contribution is 5.91. The lowest BCUT2D eigenvalue weighted by molar-refractivity contribution is 0.548. The summed E-state index contributed by atoms with van der Waals surface area (Å²) in [6.07, 6.45) is 16.7. The molecule has 2 aromatic rings. The van der Waals surface area contributed by atoms with Crippen molar-refractivity contribution in [2.45, 2.75) is 77.6 Å². The van der Waals surface area contributed by atoms with Gasteiger partial charge in [-0.1, -0.05) is 93.6 Å². The average Bonchev–Trinajstić information content (AvgIpc) is 3.32. The maximum Gasteiger partial charge on any atom is 0.0159 e. The second-order valence-corrected chi connectivity index (χ2v) is 11.7. The van der Waals surface area contributed by atoms with Crippen LogP contribution < -0.4 is 0 Å². The SMILES string of the molecule is C=Cc1c(C(C)C2C3=C(CCC=C3)C3=C2CCCC3)cc2c(c1C=C)-c1ccc(C)cc1C2(C)C. The largest absolute Gasteiger partial charge is 0.0984 e. The first-order valence-electron chi connectivity index (χ1n) is 13.6. The summed E-state index contributed by atoms with van der Waals surface area (Å²) in [5, 5.41) is 0. The molecule has 0 aromatic heterocycles. The Labute approximate surface area is 211 Å². The molecule has 2 unspecified atom stereocenters. The average molecular weight is 459 g/mol. The zero-order valence-electron chi connectivity index (χ0n) is 21.9. The van der Waals surface area contributed by atoms with Crippen LogP contribution in [0.4, 0.5) is 0 Å². The fourth-order valence-electron chi connectivity index (χ4n) is 7.73. The number of fused-ring (bicyclic) bond motifs is 4. The lowest BCUT2D eigenvalue weighted by Gasteiger charge is -2.31.